The Bertz CT molecular complexity index is 634. The molecule has 3 heterocycles. The third-order valence-electron chi connectivity index (χ3n) is 5.11. The Morgan fingerprint density at radius 3 is 2.96 bits per heavy atom. The van der Waals surface area contributed by atoms with Gasteiger partial charge in [0.2, 0.25) is 5.91 Å². The Labute approximate surface area is 154 Å². The second kappa shape index (κ2) is 8.64. The van der Waals surface area contributed by atoms with Gasteiger partial charge >= 0.3 is 0 Å². The third-order valence-corrected chi connectivity index (χ3v) is 5.11. The lowest BCUT2D eigenvalue weighted by Crippen LogP contribution is -2.41. The van der Waals surface area contributed by atoms with Gasteiger partial charge in [0.1, 0.15) is 0 Å². The fourth-order valence-corrected chi connectivity index (χ4v) is 3.57. The first-order valence-corrected chi connectivity index (χ1v) is 9.54. The van der Waals surface area contributed by atoms with E-state index in [1.807, 2.05) is 34.6 Å². The smallest absolute Gasteiger partial charge is 0.271 e. The largest absolute Gasteiger partial charge is 0.349 e. The lowest BCUT2D eigenvalue weighted by Gasteiger charge is -2.30. The maximum absolute atomic E-state index is 12.8. The Morgan fingerprint density at radius 2 is 2.15 bits per heavy atom. The van der Waals surface area contributed by atoms with Crippen LogP contribution in [0.25, 0.3) is 0 Å². The summed E-state index contributed by atoms with van der Waals surface area (Å²) in [6.07, 6.45) is 2.93. The average molecular weight is 362 g/mol. The molecule has 2 amide bonds. The summed E-state index contributed by atoms with van der Waals surface area (Å²) >= 11 is 0. The molecule has 0 aliphatic carbocycles. The van der Waals surface area contributed by atoms with E-state index in [1.54, 1.807) is 0 Å². The highest BCUT2D eigenvalue weighted by Gasteiger charge is 2.29. The van der Waals surface area contributed by atoms with Crippen molar-refractivity contribution in [2.75, 3.05) is 46.8 Å². The first kappa shape index (κ1) is 18.8. The maximum atomic E-state index is 12.8. The number of nitrogens with one attached hydrogen (secondary N) is 2. The van der Waals surface area contributed by atoms with Crippen LogP contribution in [0.5, 0.6) is 0 Å². The van der Waals surface area contributed by atoms with Crippen molar-refractivity contribution < 1.29 is 9.59 Å². The van der Waals surface area contributed by atoms with E-state index in [1.165, 1.54) is 0 Å². The summed E-state index contributed by atoms with van der Waals surface area (Å²) in [6, 6.07) is 1.82. The molecule has 2 N–H and O–H groups in total. The molecule has 8 heteroatoms. The van der Waals surface area contributed by atoms with Gasteiger partial charge in [-0.25, -0.2) is 0 Å². The quantitative estimate of drug-likeness (QED) is 0.765. The highest BCUT2D eigenvalue weighted by molar-refractivity contribution is 5.92. The molecule has 1 saturated heterocycles. The fraction of sp³-hybridized carbons (Fsp3) is 0.722. The van der Waals surface area contributed by atoms with Crippen LogP contribution >= 0.6 is 0 Å². The van der Waals surface area contributed by atoms with Crippen LogP contribution in [0, 0.1) is 5.92 Å². The number of nitrogens with zero attached hydrogens (tertiary/aromatic N) is 4. The molecule has 1 atom stereocenters. The van der Waals surface area contributed by atoms with Crippen LogP contribution in [0.4, 0.5) is 0 Å². The van der Waals surface area contributed by atoms with Crippen LogP contribution in [-0.2, 0) is 17.9 Å². The predicted molar refractivity (Wildman–Crippen MR) is 98.7 cm³/mol. The number of carbonyl (C=O) groups is 2. The van der Waals surface area contributed by atoms with Crippen molar-refractivity contribution in [3.63, 3.8) is 0 Å². The first-order chi connectivity index (χ1) is 12.5. The summed E-state index contributed by atoms with van der Waals surface area (Å²) in [5.74, 6) is 0.216. The standard InChI is InChI=1S/C18H30N6O2/c1-22(2)9-8-20-17(25)16-12-15-13-23(10-11-24(15)21-16)18(26)14-4-3-6-19-7-5-14/h12,14,19H,3-11,13H2,1-2H3,(H,20,25). The lowest BCUT2D eigenvalue weighted by molar-refractivity contribution is -0.137. The van der Waals surface area contributed by atoms with Crippen molar-refractivity contribution in [3.05, 3.63) is 17.5 Å². The summed E-state index contributed by atoms with van der Waals surface area (Å²) in [6.45, 7) is 5.16. The van der Waals surface area contributed by atoms with Crippen molar-refractivity contribution in [2.45, 2.75) is 32.4 Å². The molecule has 3 rings (SSSR count). The van der Waals surface area contributed by atoms with Gasteiger partial charge in [-0.2, -0.15) is 5.10 Å². The van der Waals surface area contributed by atoms with Crippen LogP contribution in [0.2, 0.25) is 0 Å². The Hall–Kier alpha value is -1.93. The van der Waals surface area contributed by atoms with Gasteiger partial charge in [-0.15, -0.1) is 0 Å². The van der Waals surface area contributed by atoms with Crippen LogP contribution in [0.3, 0.4) is 0 Å². The monoisotopic (exact) mass is 362 g/mol. The maximum Gasteiger partial charge on any atom is 0.271 e. The van der Waals surface area contributed by atoms with E-state index in [2.05, 4.69) is 15.7 Å². The van der Waals surface area contributed by atoms with Crippen LogP contribution in [0.1, 0.15) is 35.4 Å². The average Bonchev–Trinajstić information content (AvgIpc) is 2.86. The van der Waals surface area contributed by atoms with E-state index >= 15 is 0 Å². The number of aromatic nitrogens is 2. The molecule has 1 fully saturated rings. The Kier molecular flexibility index (Phi) is 6.26. The van der Waals surface area contributed by atoms with E-state index in [9.17, 15) is 9.59 Å². The van der Waals surface area contributed by atoms with E-state index < -0.39 is 0 Å². The molecule has 1 aromatic rings. The zero-order valence-electron chi connectivity index (χ0n) is 15.8. The van der Waals surface area contributed by atoms with Gasteiger partial charge in [-0.3, -0.25) is 14.3 Å². The molecule has 0 saturated carbocycles. The molecule has 1 aromatic heterocycles. The first-order valence-electron chi connectivity index (χ1n) is 9.54. The molecular formula is C18H30N6O2. The number of carbonyl (C=O) groups excluding carboxylic acids is 2. The molecule has 0 bridgehead atoms. The van der Waals surface area contributed by atoms with Crippen LogP contribution in [0.15, 0.2) is 6.07 Å². The number of rotatable bonds is 5. The number of fused-ring (bicyclic) bond motifs is 1. The van der Waals surface area contributed by atoms with Crippen LogP contribution in [-0.4, -0.2) is 78.2 Å². The second-order valence-corrected chi connectivity index (χ2v) is 7.44. The molecule has 2 aliphatic rings. The third kappa shape index (κ3) is 4.62. The SMILES string of the molecule is CN(C)CCNC(=O)c1cc2n(n1)CCN(C(=O)C1CCCNCC1)C2. The number of hydrogen-bond acceptors (Lipinski definition) is 5. The topological polar surface area (TPSA) is 82.5 Å². The summed E-state index contributed by atoms with van der Waals surface area (Å²) < 4.78 is 1.86. The minimum atomic E-state index is -0.151. The summed E-state index contributed by atoms with van der Waals surface area (Å²) in [5.41, 5.74) is 1.38. The van der Waals surface area contributed by atoms with E-state index in [0.29, 0.717) is 31.9 Å². The normalized spacial score (nSPS) is 20.6. The van der Waals surface area contributed by atoms with Crippen molar-refractivity contribution in [2.24, 2.45) is 5.92 Å². The Balaban J connectivity index is 1.59. The number of likely N-dealkylation sites (N-methyl/N-ethyl adjacent to an activating group) is 1. The minimum absolute atomic E-state index is 0.119. The van der Waals surface area contributed by atoms with Crippen molar-refractivity contribution in [1.29, 1.82) is 0 Å². The van der Waals surface area contributed by atoms with Crippen molar-refractivity contribution >= 4 is 11.8 Å². The fourth-order valence-electron chi connectivity index (χ4n) is 3.57. The highest BCUT2D eigenvalue weighted by atomic mass is 16.2. The molecule has 2 aliphatic heterocycles. The number of amides is 2. The van der Waals surface area contributed by atoms with Gasteiger partial charge in [0.05, 0.1) is 18.8 Å². The summed E-state index contributed by atoms with van der Waals surface area (Å²) in [7, 11) is 3.94. The summed E-state index contributed by atoms with van der Waals surface area (Å²) in [4.78, 5) is 29.0. The van der Waals surface area contributed by atoms with Gasteiger partial charge in [0, 0.05) is 25.6 Å². The van der Waals surface area contributed by atoms with Gasteiger partial charge in [0.25, 0.3) is 5.91 Å². The number of hydrogen-bond donors (Lipinski definition) is 2. The highest BCUT2D eigenvalue weighted by Crippen LogP contribution is 2.21. The van der Waals surface area contributed by atoms with E-state index in [4.69, 9.17) is 0 Å². The van der Waals surface area contributed by atoms with Crippen molar-refractivity contribution in [1.82, 2.24) is 30.2 Å². The van der Waals surface area contributed by atoms with E-state index in [0.717, 1.165) is 44.6 Å². The minimum Gasteiger partial charge on any atom is -0.349 e. The van der Waals surface area contributed by atoms with Crippen LogP contribution < -0.4 is 10.6 Å². The second-order valence-electron chi connectivity index (χ2n) is 7.44. The molecule has 0 spiro atoms. The van der Waals surface area contributed by atoms with Gasteiger partial charge in [0.15, 0.2) is 5.69 Å². The van der Waals surface area contributed by atoms with Gasteiger partial charge in [-0.05, 0) is 52.5 Å². The molecule has 8 nitrogen and oxygen atoms in total. The molecule has 0 aromatic carbocycles. The van der Waals surface area contributed by atoms with Gasteiger partial charge < -0.3 is 20.4 Å². The Morgan fingerprint density at radius 1 is 1.31 bits per heavy atom. The molecule has 144 valence electrons. The molecule has 26 heavy (non-hydrogen) atoms. The molecular weight excluding hydrogens is 332 g/mol. The predicted octanol–water partition coefficient (Wildman–Crippen LogP) is -0.0936. The van der Waals surface area contributed by atoms with E-state index in [-0.39, 0.29) is 17.7 Å². The molecule has 1 unspecified atom stereocenters. The van der Waals surface area contributed by atoms with Gasteiger partial charge in [-0.1, -0.05) is 0 Å². The lowest BCUT2D eigenvalue weighted by atomic mass is 9.98. The molecule has 0 radical (unpaired) electrons. The summed E-state index contributed by atoms with van der Waals surface area (Å²) in [5, 5.41) is 10.7. The van der Waals surface area contributed by atoms with Crippen molar-refractivity contribution in [3.8, 4) is 0 Å². The zero-order valence-corrected chi connectivity index (χ0v) is 15.8. The zero-order chi connectivity index (χ0) is 18.5.